The molecule has 1 amide bonds. The molecular formula is C25H18F2N2O4. The minimum absolute atomic E-state index is 0.00225. The summed E-state index contributed by atoms with van der Waals surface area (Å²) in [4.78, 5) is 17.1. The largest absolute Gasteiger partial charge is 0.586 e. The number of hydrogen-bond donors (Lipinski definition) is 1. The van der Waals surface area contributed by atoms with Crippen molar-refractivity contribution < 1.29 is 27.5 Å². The normalized spacial score (nSPS) is 13.7. The number of oxazole rings is 1. The second-order valence-corrected chi connectivity index (χ2v) is 7.61. The predicted molar refractivity (Wildman–Crippen MR) is 117 cm³/mol. The molecule has 8 heteroatoms. The van der Waals surface area contributed by atoms with Crippen LogP contribution in [0, 0.1) is 13.8 Å². The number of hydrogen-bond acceptors (Lipinski definition) is 5. The summed E-state index contributed by atoms with van der Waals surface area (Å²) in [6.07, 6.45) is -3.67. The maximum absolute atomic E-state index is 13.3. The third-order valence-electron chi connectivity index (χ3n) is 5.23. The standard InChI is InChI=1S/C25H18F2N2O4/c1-14-12-20-21(33-25(26,27)32-20)13-19(14)16-8-10-18(11-9-16)29-23(30)22-15(2)28-24(31-22)17-6-4-3-5-7-17/h3-13H,1-2H3,(H,29,30). The number of aromatic nitrogens is 1. The van der Waals surface area contributed by atoms with Crippen LogP contribution in [0.4, 0.5) is 14.5 Å². The first-order valence-electron chi connectivity index (χ1n) is 10.1. The molecule has 0 radical (unpaired) electrons. The van der Waals surface area contributed by atoms with Gasteiger partial charge < -0.3 is 19.2 Å². The third kappa shape index (κ3) is 4.03. The van der Waals surface area contributed by atoms with Gasteiger partial charge in [0.05, 0.1) is 5.69 Å². The van der Waals surface area contributed by atoms with E-state index in [1.54, 1.807) is 38.1 Å². The number of benzene rings is 3. The number of carbonyl (C=O) groups is 1. The second-order valence-electron chi connectivity index (χ2n) is 7.61. The van der Waals surface area contributed by atoms with Crippen LogP contribution in [0.1, 0.15) is 21.8 Å². The molecule has 5 rings (SSSR count). The number of anilines is 1. The van der Waals surface area contributed by atoms with Gasteiger partial charge in [-0.3, -0.25) is 4.79 Å². The van der Waals surface area contributed by atoms with Crippen LogP contribution in [-0.4, -0.2) is 17.2 Å². The van der Waals surface area contributed by atoms with Crippen molar-refractivity contribution in [2.24, 2.45) is 0 Å². The molecular weight excluding hydrogens is 430 g/mol. The molecule has 2 heterocycles. The first-order valence-corrected chi connectivity index (χ1v) is 10.1. The van der Waals surface area contributed by atoms with Crippen LogP contribution in [0.5, 0.6) is 11.5 Å². The lowest BCUT2D eigenvalue weighted by molar-refractivity contribution is -0.286. The van der Waals surface area contributed by atoms with Crippen LogP contribution in [0.15, 0.2) is 71.1 Å². The Morgan fingerprint density at radius 1 is 0.909 bits per heavy atom. The lowest BCUT2D eigenvalue weighted by Gasteiger charge is -2.09. The van der Waals surface area contributed by atoms with Gasteiger partial charge in [-0.2, -0.15) is 0 Å². The Kier molecular flexibility index (Phi) is 4.85. The molecule has 0 aliphatic carbocycles. The Hall–Kier alpha value is -4.20. The van der Waals surface area contributed by atoms with Crippen LogP contribution in [-0.2, 0) is 0 Å². The van der Waals surface area contributed by atoms with Gasteiger partial charge in [0.1, 0.15) is 0 Å². The van der Waals surface area contributed by atoms with Crippen molar-refractivity contribution in [3.05, 3.63) is 83.7 Å². The summed E-state index contributed by atoms with van der Waals surface area (Å²) in [6.45, 7) is 3.50. The number of halogens is 2. The Morgan fingerprint density at radius 2 is 1.58 bits per heavy atom. The number of fused-ring (bicyclic) bond motifs is 1. The van der Waals surface area contributed by atoms with Crippen LogP contribution >= 0.6 is 0 Å². The van der Waals surface area contributed by atoms with Gasteiger partial charge in [-0.25, -0.2) is 4.98 Å². The van der Waals surface area contributed by atoms with E-state index in [1.807, 2.05) is 30.3 Å². The van der Waals surface area contributed by atoms with Crippen LogP contribution < -0.4 is 14.8 Å². The third-order valence-corrected chi connectivity index (χ3v) is 5.23. The number of rotatable bonds is 4. The van der Waals surface area contributed by atoms with Gasteiger partial charge in [-0.1, -0.05) is 30.3 Å². The summed E-state index contributed by atoms with van der Waals surface area (Å²) in [7, 11) is 0. The molecule has 0 spiro atoms. The number of aryl methyl sites for hydroxylation is 2. The Bertz CT molecular complexity index is 1350. The van der Waals surface area contributed by atoms with E-state index in [0.29, 0.717) is 22.8 Å². The molecule has 0 bridgehead atoms. The number of amides is 1. The van der Waals surface area contributed by atoms with Gasteiger partial charge >= 0.3 is 6.29 Å². The SMILES string of the molecule is Cc1cc2c(cc1-c1ccc(NC(=O)c3oc(-c4ccccc4)nc3C)cc1)OC(F)(F)O2. The van der Waals surface area contributed by atoms with Crippen molar-refractivity contribution in [2.75, 3.05) is 5.32 Å². The number of nitrogens with zero attached hydrogens (tertiary/aromatic N) is 1. The van der Waals surface area contributed by atoms with Crippen molar-refractivity contribution in [1.82, 2.24) is 4.98 Å². The highest BCUT2D eigenvalue weighted by molar-refractivity contribution is 6.03. The molecule has 0 saturated heterocycles. The Morgan fingerprint density at radius 3 is 2.27 bits per heavy atom. The zero-order valence-electron chi connectivity index (χ0n) is 17.7. The van der Waals surface area contributed by atoms with Crippen molar-refractivity contribution >= 4 is 11.6 Å². The fraction of sp³-hybridized carbons (Fsp3) is 0.120. The fourth-order valence-electron chi connectivity index (χ4n) is 3.64. The molecule has 0 fully saturated rings. The van der Waals surface area contributed by atoms with Gasteiger partial charge in [0.25, 0.3) is 5.91 Å². The zero-order valence-corrected chi connectivity index (χ0v) is 17.7. The van der Waals surface area contributed by atoms with Crippen molar-refractivity contribution in [2.45, 2.75) is 20.1 Å². The molecule has 0 atom stereocenters. The van der Waals surface area contributed by atoms with Crippen molar-refractivity contribution in [1.29, 1.82) is 0 Å². The minimum Gasteiger partial charge on any atom is -0.431 e. The highest BCUT2D eigenvalue weighted by Crippen LogP contribution is 2.44. The van der Waals surface area contributed by atoms with E-state index < -0.39 is 12.2 Å². The van der Waals surface area contributed by atoms with Crippen LogP contribution in [0.3, 0.4) is 0 Å². The molecule has 33 heavy (non-hydrogen) atoms. The van der Waals surface area contributed by atoms with E-state index in [-0.39, 0.29) is 17.3 Å². The summed E-state index contributed by atoms with van der Waals surface area (Å²) >= 11 is 0. The van der Waals surface area contributed by atoms with E-state index in [9.17, 15) is 13.6 Å². The van der Waals surface area contributed by atoms with Crippen molar-refractivity contribution in [3.63, 3.8) is 0 Å². The topological polar surface area (TPSA) is 73.6 Å². The first-order chi connectivity index (χ1) is 15.8. The van der Waals surface area contributed by atoms with E-state index >= 15 is 0 Å². The number of alkyl halides is 2. The fourth-order valence-corrected chi connectivity index (χ4v) is 3.64. The molecule has 0 unspecified atom stereocenters. The van der Waals surface area contributed by atoms with Gasteiger partial charge in [0, 0.05) is 11.3 Å². The quantitative estimate of drug-likeness (QED) is 0.402. The van der Waals surface area contributed by atoms with Gasteiger partial charge in [-0.05, 0) is 66.9 Å². The minimum atomic E-state index is -3.67. The molecule has 6 nitrogen and oxygen atoms in total. The molecule has 3 aromatic carbocycles. The van der Waals surface area contributed by atoms with E-state index in [0.717, 1.165) is 16.7 Å². The molecule has 0 saturated carbocycles. The smallest absolute Gasteiger partial charge is 0.431 e. The molecule has 1 aromatic heterocycles. The summed E-state index contributed by atoms with van der Waals surface area (Å²) in [5.41, 5.74) is 4.04. The summed E-state index contributed by atoms with van der Waals surface area (Å²) < 4.78 is 41.4. The highest BCUT2D eigenvalue weighted by Gasteiger charge is 2.43. The molecule has 1 aliphatic rings. The lowest BCUT2D eigenvalue weighted by Crippen LogP contribution is -2.25. The average Bonchev–Trinajstić information content (AvgIpc) is 3.32. The molecule has 166 valence electrons. The maximum atomic E-state index is 13.3. The van der Waals surface area contributed by atoms with E-state index in [4.69, 9.17) is 4.42 Å². The van der Waals surface area contributed by atoms with Gasteiger partial charge in [0.2, 0.25) is 11.7 Å². The molecule has 1 N–H and O–H groups in total. The predicted octanol–water partition coefficient (Wildman–Crippen LogP) is 6.20. The average molecular weight is 448 g/mol. The van der Waals surface area contributed by atoms with E-state index in [1.165, 1.54) is 12.1 Å². The van der Waals surface area contributed by atoms with Crippen LogP contribution in [0.25, 0.3) is 22.6 Å². The second kappa shape index (κ2) is 7.74. The van der Waals surface area contributed by atoms with Crippen molar-refractivity contribution in [3.8, 4) is 34.1 Å². The van der Waals surface area contributed by atoms with Gasteiger partial charge in [-0.15, -0.1) is 8.78 Å². The summed E-state index contributed by atoms with van der Waals surface area (Å²) in [6, 6.07) is 19.3. The molecule has 4 aromatic rings. The van der Waals surface area contributed by atoms with Gasteiger partial charge in [0.15, 0.2) is 11.5 Å². The lowest BCUT2D eigenvalue weighted by atomic mass is 9.99. The summed E-state index contributed by atoms with van der Waals surface area (Å²) in [5.74, 6) is 0.0646. The van der Waals surface area contributed by atoms with Crippen LogP contribution in [0.2, 0.25) is 0 Å². The Labute approximate surface area is 187 Å². The maximum Gasteiger partial charge on any atom is 0.586 e. The summed E-state index contributed by atoms with van der Waals surface area (Å²) in [5, 5.41) is 2.79. The number of ether oxygens (including phenoxy) is 2. The Balaban J connectivity index is 1.34. The molecule has 1 aliphatic heterocycles. The first kappa shape index (κ1) is 20.7. The monoisotopic (exact) mass is 448 g/mol. The van der Waals surface area contributed by atoms with E-state index in [2.05, 4.69) is 19.8 Å². The number of nitrogens with one attached hydrogen (secondary N) is 1. The highest BCUT2D eigenvalue weighted by atomic mass is 19.3. The number of carbonyl (C=O) groups excluding carboxylic acids is 1. The zero-order chi connectivity index (χ0) is 23.2.